The van der Waals surface area contributed by atoms with Crippen molar-refractivity contribution in [1.82, 2.24) is 0 Å². The van der Waals surface area contributed by atoms with Gasteiger partial charge in [-0.05, 0) is 40.5 Å². The average molecular weight is 422 g/mol. The van der Waals surface area contributed by atoms with Gasteiger partial charge in [-0.25, -0.2) is 0 Å². The van der Waals surface area contributed by atoms with Crippen LogP contribution in [0.2, 0.25) is 0 Å². The fourth-order valence-electron chi connectivity index (χ4n) is 4.53. The number of Topliss-reactive ketones (excluding diaryl/α,β-unsaturated/α-hetero) is 1. The third-order valence-electron chi connectivity index (χ3n) is 6.09. The summed E-state index contributed by atoms with van der Waals surface area (Å²) >= 11 is 0. The van der Waals surface area contributed by atoms with Gasteiger partial charge in [0, 0.05) is 18.4 Å². The Morgan fingerprint density at radius 2 is 1.81 bits per heavy atom. The van der Waals surface area contributed by atoms with E-state index in [1.165, 1.54) is 10.8 Å². The number of carbonyl (C=O) groups is 1. The number of allylic oxidation sites excluding steroid dienone is 3. The van der Waals surface area contributed by atoms with Crippen LogP contribution in [0.25, 0.3) is 10.8 Å². The molecule has 3 aromatic rings. The molecule has 2 N–H and O–H groups in total. The molecule has 5 heteroatoms. The highest BCUT2D eigenvalue weighted by Crippen LogP contribution is 2.43. The third-order valence-corrected chi connectivity index (χ3v) is 6.09. The molecule has 158 valence electrons. The summed E-state index contributed by atoms with van der Waals surface area (Å²) in [5.41, 5.74) is 8.80. The minimum atomic E-state index is -0.497. The van der Waals surface area contributed by atoms with E-state index in [2.05, 4.69) is 30.3 Å². The van der Waals surface area contributed by atoms with E-state index >= 15 is 0 Å². The Balaban J connectivity index is 1.41. The smallest absolute Gasteiger partial charge is 0.205 e. The van der Waals surface area contributed by atoms with Crippen LogP contribution in [0, 0.1) is 11.3 Å². The number of hydrogen-bond acceptors (Lipinski definition) is 5. The summed E-state index contributed by atoms with van der Waals surface area (Å²) in [5, 5.41) is 12.0. The van der Waals surface area contributed by atoms with Gasteiger partial charge in [-0.15, -0.1) is 0 Å². The van der Waals surface area contributed by atoms with E-state index in [0.717, 1.165) is 17.5 Å². The number of ether oxygens (including phenoxy) is 2. The second-order valence-electron chi connectivity index (χ2n) is 8.03. The summed E-state index contributed by atoms with van der Waals surface area (Å²) in [4.78, 5) is 12.7. The molecule has 32 heavy (non-hydrogen) atoms. The van der Waals surface area contributed by atoms with E-state index in [4.69, 9.17) is 15.2 Å². The van der Waals surface area contributed by atoms with Crippen LogP contribution in [-0.4, -0.2) is 5.78 Å². The molecule has 0 bridgehead atoms. The van der Waals surface area contributed by atoms with Gasteiger partial charge in [0.15, 0.2) is 5.78 Å². The molecule has 0 amide bonds. The first kappa shape index (κ1) is 19.9. The molecule has 1 heterocycles. The number of nitriles is 1. The molecule has 1 unspecified atom stereocenters. The largest absolute Gasteiger partial charge is 0.489 e. The average Bonchev–Trinajstić information content (AvgIpc) is 2.82. The van der Waals surface area contributed by atoms with Crippen molar-refractivity contribution in [2.24, 2.45) is 5.73 Å². The number of benzene rings is 3. The van der Waals surface area contributed by atoms with E-state index < -0.39 is 5.92 Å². The SMILES string of the molecule is N#CC1=C(N)OC2=C(C(=O)CCC2)C1c1ccc(OCc2cccc3ccccc23)cc1. The third kappa shape index (κ3) is 3.50. The minimum absolute atomic E-state index is 0.0211. The summed E-state index contributed by atoms with van der Waals surface area (Å²) in [6, 6.07) is 24.1. The molecule has 1 atom stereocenters. The van der Waals surface area contributed by atoms with Crippen LogP contribution < -0.4 is 10.5 Å². The molecule has 3 aromatic carbocycles. The molecule has 0 saturated heterocycles. The number of rotatable bonds is 4. The van der Waals surface area contributed by atoms with Crippen molar-refractivity contribution in [3.8, 4) is 11.8 Å². The zero-order valence-electron chi connectivity index (χ0n) is 17.5. The Labute approximate surface area is 186 Å². The van der Waals surface area contributed by atoms with Gasteiger partial charge in [-0.3, -0.25) is 4.79 Å². The Morgan fingerprint density at radius 1 is 1.03 bits per heavy atom. The predicted octanol–water partition coefficient (Wildman–Crippen LogP) is 5.23. The van der Waals surface area contributed by atoms with Crippen LogP contribution in [0.15, 0.2) is 89.5 Å². The first-order valence-corrected chi connectivity index (χ1v) is 10.7. The van der Waals surface area contributed by atoms with Gasteiger partial charge in [0.05, 0.1) is 5.92 Å². The molecular weight excluding hydrogens is 400 g/mol. The van der Waals surface area contributed by atoms with Gasteiger partial charge in [-0.1, -0.05) is 54.6 Å². The standard InChI is InChI=1S/C27H22N2O3/c28-15-22-25(26-23(30)9-4-10-24(26)32-27(22)29)18-11-13-20(14-12-18)31-16-19-7-3-6-17-5-1-2-8-21(17)19/h1-3,5-8,11-14,25H,4,9-10,16,29H2. The van der Waals surface area contributed by atoms with Gasteiger partial charge in [0.2, 0.25) is 5.88 Å². The highest BCUT2D eigenvalue weighted by molar-refractivity contribution is 5.99. The molecule has 5 rings (SSSR count). The summed E-state index contributed by atoms with van der Waals surface area (Å²) in [5.74, 6) is 0.922. The topological polar surface area (TPSA) is 85.3 Å². The van der Waals surface area contributed by atoms with Crippen LogP contribution in [0.3, 0.4) is 0 Å². The van der Waals surface area contributed by atoms with E-state index in [1.54, 1.807) is 0 Å². The molecule has 1 aliphatic heterocycles. The van der Waals surface area contributed by atoms with E-state index in [9.17, 15) is 10.1 Å². The Bertz CT molecular complexity index is 1310. The zero-order valence-corrected chi connectivity index (χ0v) is 17.5. The first-order valence-electron chi connectivity index (χ1n) is 10.7. The minimum Gasteiger partial charge on any atom is -0.489 e. The molecule has 0 fully saturated rings. The number of hydrogen-bond donors (Lipinski definition) is 1. The summed E-state index contributed by atoms with van der Waals surface area (Å²) in [6.45, 7) is 0.446. The van der Waals surface area contributed by atoms with Crippen molar-refractivity contribution >= 4 is 16.6 Å². The van der Waals surface area contributed by atoms with Crippen LogP contribution in [0.4, 0.5) is 0 Å². The fraction of sp³-hybridized carbons (Fsp3) is 0.185. The lowest BCUT2D eigenvalue weighted by Crippen LogP contribution is -2.27. The molecule has 5 nitrogen and oxygen atoms in total. The van der Waals surface area contributed by atoms with Crippen molar-refractivity contribution in [2.75, 3.05) is 0 Å². The quantitative estimate of drug-likeness (QED) is 0.622. The summed E-state index contributed by atoms with van der Waals surface area (Å²) < 4.78 is 11.7. The van der Waals surface area contributed by atoms with Crippen molar-refractivity contribution in [1.29, 1.82) is 5.26 Å². The lowest BCUT2D eigenvalue weighted by atomic mass is 9.77. The van der Waals surface area contributed by atoms with Gasteiger partial charge < -0.3 is 15.2 Å². The van der Waals surface area contributed by atoms with Gasteiger partial charge in [0.1, 0.15) is 29.8 Å². The number of fused-ring (bicyclic) bond motifs is 1. The van der Waals surface area contributed by atoms with E-state index in [0.29, 0.717) is 36.5 Å². The maximum atomic E-state index is 12.7. The second-order valence-corrected chi connectivity index (χ2v) is 8.03. The maximum Gasteiger partial charge on any atom is 0.205 e. The van der Waals surface area contributed by atoms with Crippen molar-refractivity contribution in [3.05, 3.63) is 101 Å². The van der Waals surface area contributed by atoms with Crippen molar-refractivity contribution in [3.63, 3.8) is 0 Å². The van der Waals surface area contributed by atoms with E-state index in [-0.39, 0.29) is 17.2 Å². The summed E-state index contributed by atoms with van der Waals surface area (Å²) in [6.07, 6.45) is 1.85. The van der Waals surface area contributed by atoms with Crippen LogP contribution >= 0.6 is 0 Å². The predicted molar refractivity (Wildman–Crippen MR) is 121 cm³/mol. The second kappa shape index (κ2) is 8.24. The normalized spacial score (nSPS) is 18.2. The number of nitrogens with zero attached hydrogens (tertiary/aromatic N) is 1. The Hall–Kier alpha value is -4.04. The molecular formula is C27H22N2O3. The highest BCUT2D eigenvalue weighted by atomic mass is 16.5. The molecule has 2 aliphatic rings. The highest BCUT2D eigenvalue weighted by Gasteiger charge is 2.37. The maximum absolute atomic E-state index is 12.7. The lowest BCUT2D eigenvalue weighted by Gasteiger charge is -2.31. The molecule has 0 saturated carbocycles. The molecule has 0 aromatic heterocycles. The van der Waals surface area contributed by atoms with Crippen molar-refractivity contribution < 1.29 is 14.3 Å². The Morgan fingerprint density at radius 3 is 2.62 bits per heavy atom. The Kier molecular flexibility index (Phi) is 5.12. The van der Waals surface area contributed by atoms with Crippen molar-refractivity contribution in [2.45, 2.75) is 31.8 Å². The zero-order chi connectivity index (χ0) is 22.1. The number of ketones is 1. The molecule has 1 aliphatic carbocycles. The van der Waals surface area contributed by atoms with Gasteiger partial charge >= 0.3 is 0 Å². The summed E-state index contributed by atoms with van der Waals surface area (Å²) in [7, 11) is 0. The van der Waals surface area contributed by atoms with Gasteiger partial charge in [0.25, 0.3) is 0 Å². The monoisotopic (exact) mass is 422 g/mol. The molecule has 0 radical (unpaired) electrons. The fourth-order valence-corrected chi connectivity index (χ4v) is 4.53. The van der Waals surface area contributed by atoms with E-state index in [1.807, 2.05) is 42.5 Å². The van der Waals surface area contributed by atoms with Crippen LogP contribution in [-0.2, 0) is 16.1 Å². The van der Waals surface area contributed by atoms with Gasteiger partial charge in [-0.2, -0.15) is 5.26 Å². The lowest BCUT2D eigenvalue weighted by molar-refractivity contribution is -0.116. The van der Waals surface area contributed by atoms with Crippen LogP contribution in [0.5, 0.6) is 5.75 Å². The number of nitrogens with two attached hydrogens (primary N) is 1. The molecule has 0 spiro atoms. The number of carbonyl (C=O) groups excluding carboxylic acids is 1. The van der Waals surface area contributed by atoms with Crippen LogP contribution in [0.1, 0.15) is 36.3 Å². The first-order chi connectivity index (χ1) is 15.7.